The van der Waals surface area contributed by atoms with Gasteiger partial charge in [-0.25, -0.2) is 4.98 Å². The third-order valence-electron chi connectivity index (χ3n) is 3.56. The van der Waals surface area contributed by atoms with Gasteiger partial charge in [-0.05, 0) is 13.3 Å². The summed E-state index contributed by atoms with van der Waals surface area (Å²) in [6, 6.07) is 9.77. The number of nitrogens with zero attached hydrogens (tertiary/aromatic N) is 2. The minimum absolute atomic E-state index is 0.0193. The van der Waals surface area contributed by atoms with Crippen molar-refractivity contribution in [1.29, 1.82) is 0 Å². The number of rotatable bonds is 4. The van der Waals surface area contributed by atoms with Gasteiger partial charge in [0.25, 0.3) is 0 Å². The molecular weight excluding hydrogens is 284 g/mol. The van der Waals surface area contributed by atoms with Gasteiger partial charge in [0.15, 0.2) is 4.96 Å². The maximum absolute atomic E-state index is 11.3. The molecule has 2 heterocycles. The van der Waals surface area contributed by atoms with E-state index in [-0.39, 0.29) is 6.42 Å². The Morgan fingerprint density at radius 1 is 1.29 bits per heavy atom. The van der Waals surface area contributed by atoms with Crippen molar-refractivity contribution in [2.75, 3.05) is 0 Å². The highest BCUT2D eigenvalue weighted by Gasteiger charge is 2.21. The van der Waals surface area contributed by atoms with Gasteiger partial charge in [-0.3, -0.25) is 9.20 Å². The molecule has 3 rings (SSSR count). The van der Waals surface area contributed by atoms with Crippen LogP contribution in [-0.2, 0) is 17.6 Å². The Morgan fingerprint density at radius 3 is 2.62 bits per heavy atom. The zero-order valence-electron chi connectivity index (χ0n) is 12.0. The van der Waals surface area contributed by atoms with Crippen molar-refractivity contribution in [2.24, 2.45) is 0 Å². The number of carbonyl (C=O) groups is 1. The van der Waals surface area contributed by atoms with Crippen LogP contribution in [0.15, 0.2) is 30.3 Å². The van der Waals surface area contributed by atoms with Crippen LogP contribution >= 0.6 is 11.3 Å². The van der Waals surface area contributed by atoms with Gasteiger partial charge < -0.3 is 5.11 Å². The lowest BCUT2D eigenvalue weighted by Crippen LogP contribution is -2.06. The van der Waals surface area contributed by atoms with Gasteiger partial charge in [-0.2, -0.15) is 0 Å². The van der Waals surface area contributed by atoms with E-state index in [1.165, 1.54) is 4.88 Å². The first-order valence-corrected chi connectivity index (χ1v) is 7.70. The fraction of sp³-hybridized carbons (Fsp3) is 0.250. The molecule has 0 radical (unpaired) electrons. The number of benzene rings is 1. The largest absolute Gasteiger partial charge is 0.481 e. The Kier molecular flexibility index (Phi) is 3.51. The summed E-state index contributed by atoms with van der Waals surface area (Å²) >= 11 is 1.62. The van der Waals surface area contributed by atoms with Crippen LogP contribution in [-0.4, -0.2) is 20.5 Å². The van der Waals surface area contributed by atoms with E-state index < -0.39 is 5.97 Å². The summed E-state index contributed by atoms with van der Waals surface area (Å²) in [6.45, 7) is 4.14. The van der Waals surface area contributed by atoms with Crippen LogP contribution in [0.4, 0.5) is 0 Å². The number of aryl methyl sites for hydroxylation is 2. The van der Waals surface area contributed by atoms with E-state index in [1.807, 2.05) is 34.7 Å². The van der Waals surface area contributed by atoms with E-state index in [1.54, 1.807) is 11.3 Å². The van der Waals surface area contributed by atoms with Gasteiger partial charge in [-0.15, -0.1) is 11.3 Å². The molecule has 0 aliphatic carbocycles. The van der Waals surface area contributed by atoms with E-state index in [0.29, 0.717) is 0 Å². The normalized spacial score (nSPS) is 11.1. The number of fused-ring (bicyclic) bond motifs is 1. The number of imidazole rings is 1. The van der Waals surface area contributed by atoms with Crippen LogP contribution in [0.25, 0.3) is 16.2 Å². The standard InChI is InChI=1S/C16H16N2O2S/c1-3-12-10(2)21-16-17-15(11-7-5-4-6-8-11)13(18(12)16)9-14(19)20/h4-8H,3,9H2,1-2H3,(H,19,20). The highest BCUT2D eigenvalue weighted by Crippen LogP contribution is 2.31. The Bertz CT molecular complexity index is 803. The maximum Gasteiger partial charge on any atom is 0.309 e. The van der Waals surface area contributed by atoms with Crippen molar-refractivity contribution in [3.8, 4) is 11.3 Å². The van der Waals surface area contributed by atoms with Crippen LogP contribution in [0.3, 0.4) is 0 Å². The molecule has 1 aromatic carbocycles. The first kappa shape index (κ1) is 13.8. The molecule has 1 N–H and O–H groups in total. The molecule has 2 aromatic heterocycles. The summed E-state index contributed by atoms with van der Waals surface area (Å²) < 4.78 is 2.02. The minimum atomic E-state index is -0.833. The SMILES string of the molecule is CCc1c(C)sc2nc(-c3ccccc3)c(CC(=O)O)n12. The fourth-order valence-corrected chi connectivity index (χ4v) is 3.75. The van der Waals surface area contributed by atoms with Crippen molar-refractivity contribution < 1.29 is 9.90 Å². The lowest BCUT2D eigenvalue weighted by molar-refractivity contribution is -0.136. The molecule has 3 aromatic rings. The summed E-state index contributed by atoms with van der Waals surface area (Å²) in [6.07, 6.45) is 0.845. The number of hydrogen-bond acceptors (Lipinski definition) is 3. The second kappa shape index (κ2) is 5.33. The molecule has 0 unspecified atom stereocenters. The smallest absolute Gasteiger partial charge is 0.309 e. The number of carboxylic acids is 1. The Balaban J connectivity index is 2.30. The first-order valence-electron chi connectivity index (χ1n) is 6.88. The van der Waals surface area contributed by atoms with Gasteiger partial charge in [-0.1, -0.05) is 37.3 Å². The van der Waals surface area contributed by atoms with Crippen molar-refractivity contribution in [1.82, 2.24) is 9.38 Å². The lowest BCUT2D eigenvalue weighted by Gasteiger charge is -2.05. The summed E-state index contributed by atoms with van der Waals surface area (Å²) in [4.78, 5) is 18.0. The monoisotopic (exact) mass is 300 g/mol. The molecule has 0 atom stereocenters. The third-order valence-corrected chi connectivity index (χ3v) is 4.56. The topological polar surface area (TPSA) is 54.6 Å². The fourth-order valence-electron chi connectivity index (χ4n) is 2.67. The predicted molar refractivity (Wildman–Crippen MR) is 84.0 cm³/mol. The second-order valence-corrected chi connectivity index (χ2v) is 6.10. The highest BCUT2D eigenvalue weighted by molar-refractivity contribution is 7.17. The summed E-state index contributed by atoms with van der Waals surface area (Å²) in [5.41, 5.74) is 3.66. The minimum Gasteiger partial charge on any atom is -0.481 e. The van der Waals surface area contributed by atoms with E-state index in [0.717, 1.165) is 34.0 Å². The molecule has 0 aliphatic heterocycles. The van der Waals surface area contributed by atoms with Gasteiger partial charge in [0.1, 0.15) is 0 Å². The van der Waals surface area contributed by atoms with Crippen LogP contribution in [0.2, 0.25) is 0 Å². The van der Waals surface area contributed by atoms with Crippen LogP contribution in [0, 0.1) is 6.92 Å². The van der Waals surface area contributed by atoms with E-state index in [4.69, 9.17) is 0 Å². The number of hydrogen-bond donors (Lipinski definition) is 1. The first-order chi connectivity index (χ1) is 10.1. The van der Waals surface area contributed by atoms with Gasteiger partial charge in [0, 0.05) is 16.1 Å². The summed E-state index contributed by atoms with van der Waals surface area (Å²) in [5.74, 6) is -0.833. The molecule has 0 amide bonds. The molecule has 0 bridgehead atoms. The Morgan fingerprint density at radius 2 is 2.00 bits per heavy atom. The van der Waals surface area contributed by atoms with E-state index in [2.05, 4.69) is 18.8 Å². The molecule has 5 heteroatoms. The van der Waals surface area contributed by atoms with Crippen molar-refractivity contribution >= 4 is 22.3 Å². The Hall–Kier alpha value is -2.14. The zero-order valence-corrected chi connectivity index (χ0v) is 12.8. The molecule has 0 spiro atoms. The van der Waals surface area contributed by atoms with Crippen molar-refractivity contribution in [3.05, 3.63) is 46.6 Å². The van der Waals surface area contributed by atoms with Gasteiger partial charge in [0.2, 0.25) is 0 Å². The molecule has 4 nitrogen and oxygen atoms in total. The molecule has 0 fully saturated rings. The molecule has 21 heavy (non-hydrogen) atoms. The quantitative estimate of drug-likeness (QED) is 0.801. The summed E-state index contributed by atoms with van der Waals surface area (Å²) in [5, 5.41) is 9.25. The zero-order chi connectivity index (χ0) is 15.0. The highest BCUT2D eigenvalue weighted by atomic mass is 32.1. The number of aliphatic carboxylic acids is 1. The average Bonchev–Trinajstić information content (AvgIpc) is 2.95. The summed E-state index contributed by atoms with van der Waals surface area (Å²) in [7, 11) is 0. The maximum atomic E-state index is 11.3. The van der Waals surface area contributed by atoms with E-state index in [9.17, 15) is 9.90 Å². The van der Waals surface area contributed by atoms with Crippen LogP contribution in [0.1, 0.15) is 23.2 Å². The molecule has 0 saturated carbocycles. The number of thiazole rings is 1. The van der Waals surface area contributed by atoms with Gasteiger partial charge in [0.05, 0.1) is 17.8 Å². The average molecular weight is 300 g/mol. The predicted octanol–water partition coefficient (Wildman–Crippen LogP) is 3.56. The van der Waals surface area contributed by atoms with E-state index >= 15 is 0 Å². The number of carboxylic acid groups (broad SMARTS) is 1. The van der Waals surface area contributed by atoms with Gasteiger partial charge >= 0.3 is 5.97 Å². The Labute approximate surface area is 126 Å². The molecule has 0 saturated heterocycles. The van der Waals surface area contributed by atoms with Crippen LogP contribution < -0.4 is 0 Å². The second-order valence-electron chi connectivity index (χ2n) is 4.92. The lowest BCUT2D eigenvalue weighted by atomic mass is 10.1. The number of aromatic nitrogens is 2. The van der Waals surface area contributed by atoms with Crippen molar-refractivity contribution in [3.63, 3.8) is 0 Å². The van der Waals surface area contributed by atoms with Crippen molar-refractivity contribution in [2.45, 2.75) is 26.7 Å². The third kappa shape index (κ3) is 2.34. The van der Waals surface area contributed by atoms with Crippen LogP contribution in [0.5, 0.6) is 0 Å². The molecular formula is C16H16N2O2S. The molecule has 108 valence electrons. The molecule has 0 aliphatic rings.